The number of carbonyl (C=O) groups is 1. The Balaban J connectivity index is 2.21. The lowest BCUT2D eigenvalue weighted by Crippen LogP contribution is -2.35. The maximum absolute atomic E-state index is 11.7. The van der Waals surface area contributed by atoms with Crippen LogP contribution >= 0.6 is 0 Å². The first-order chi connectivity index (χ1) is 7.18. The molecule has 0 radical (unpaired) electrons. The van der Waals surface area contributed by atoms with Gasteiger partial charge in [0.05, 0.1) is 6.54 Å². The molecular weight excluding hydrogens is 194 g/mol. The lowest BCUT2D eigenvalue weighted by atomic mass is 10.3. The van der Waals surface area contributed by atoms with Gasteiger partial charge in [-0.1, -0.05) is 0 Å². The number of nitrogens with one attached hydrogen (secondary N) is 2. The second-order valence-electron chi connectivity index (χ2n) is 3.90. The summed E-state index contributed by atoms with van der Waals surface area (Å²) in [7, 11) is 0. The Bertz CT molecular complexity index is 371. The molecular formula is C9H15N5O. The molecule has 1 aromatic rings. The molecule has 6 heteroatoms. The largest absolute Gasteiger partial charge is 0.347 e. The van der Waals surface area contributed by atoms with Crippen LogP contribution in [0, 0.1) is 0 Å². The summed E-state index contributed by atoms with van der Waals surface area (Å²) in [6.07, 6.45) is 0. The molecule has 1 aliphatic heterocycles. The lowest BCUT2D eigenvalue weighted by molar-refractivity contribution is 0.0927. The first kappa shape index (κ1) is 10.1. The minimum Gasteiger partial charge on any atom is -0.347 e. The highest BCUT2D eigenvalue weighted by atomic mass is 16.2. The first-order valence-electron chi connectivity index (χ1n) is 5.12. The number of carbonyl (C=O) groups excluding carboxylic acids is 1. The summed E-state index contributed by atoms with van der Waals surface area (Å²) >= 11 is 0. The van der Waals surface area contributed by atoms with Crippen LogP contribution in [-0.4, -0.2) is 33.3 Å². The molecule has 2 N–H and O–H groups in total. The van der Waals surface area contributed by atoms with Crippen molar-refractivity contribution in [3.63, 3.8) is 0 Å². The second-order valence-corrected chi connectivity index (χ2v) is 3.90. The predicted octanol–water partition coefficient (Wildman–Crippen LogP) is -0.480. The molecule has 2 heterocycles. The maximum Gasteiger partial charge on any atom is 0.289 e. The van der Waals surface area contributed by atoms with Crippen LogP contribution in [0.3, 0.4) is 0 Å². The summed E-state index contributed by atoms with van der Waals surface area (Å²) in [5, 5.41) is 13.9. The zero-order valence-electron chi connectivity index (χ0n) is 8.95. The maximum atomic E-state index is 11.7. The van der Waals surface area contributed by atoms with E-state index in [-0.39, 0.29) is 11.9 Å². The van der Waals surface area contributed by atoms with Gasteiger partial charge >= 0.3 is 0 Å². The van der Waals surface area contributed by atoms with Crippen molar-refractivity contribution in [3.05, 3.63) is 11.6 Å². The average Bonchev–Trinajstić information content (AvgIpc) is 2.59. The Labute approximate surface area is 88.1 Å². The van der Waals surface area contributed by atoms with Gasteiger partial charge < -0.3 is 15.2 Å². The van der Waals surface area contributed by atoms with E-state index in [1.807, 2.05) is 18.4 Å². The molecule has 0 spiro atoms. The van der Waals surface area contributed by atoms with E-state index in [0.29, 0.717) is 12.4 Å². The normalized spacial score (nSPS) is 15.1. The second kappa shape index (κ2) is 3.98. The van der Waals surface area contributed by atoms with Gasteiger partial charge in [-0.2, -0.15) is 0 Å². The van der Waals surface area contributed by atoms with E-state index in [0.717, 1.165) is 18.9 Å². The zero-order valence-corrected chi connectivity index (χ0v) is 8.95. The fraction of sp³-hybridized carbons (Fsp3) is 0.667. The van der Waals surface area contributed by atoms with Gasteiger partial charge in [0.1, 0.15) is 5.82 Å². The molecule has 1 aromatic heterocycles. The highest BCUT2D eigenvalue weighted by molar-refractivity contribution is 5.90. The fourth-order valence-corrected chi connectivity index (χ4v) is 1.59. The van der Waals surface area contributed by atoms with Crippen LogP contribution in [0.2, 0.25) is 0 Å². The lowest BCUT2D eigenvalue weighted by Gasteiger charge is -2.16. The monoisotopic (exact) mass is 209 g/mol. The number of rotatable bonds is 2. The van der Waals surface area contributed by atoms with Gasteiger partial charge in [0.15, 0.2) is 0 Å². The molecule has 0 aliphatic carbocycles. The van der Waals surface area contributed by atoms with E-state index in [1.54, 1.807) is 0 Å². The van der Waals surface area contributed by atoms with Crippen molar-refractivity contribution in [3.8, 4) is 0 Å². The molecule has 1 aliphatic rings. The summed E-state index contributed by atoms with van der Waals surface area (Å²) in [5.74, 6) is 1.10. The summed E-state index contributed by atoms with van der Waals surface area (Å²) in [6, 6.07) is 0.118. The zero-order chi connectivity index (χ0) is 10.8. The third-order valence-corrected chi connectivity index (χ3v) is 2.25. The van der Waals surface area contributed by atoms with Gasteiger partial charge in [-0.25, -0.2) is 0 Å². The summed E-state index contributed by atoms with van der Waals surface area (Å²) < 4.78 is 1.87. The van der Waals surface area contributed by atoms with Crippen LogP contribution in [-0.2, 0) is 13.1 Å². The van der Waals surface area contributed by atoms with Gasteiger partial charge in [-0.05, 0) is 13.8 Å². The number of aromatic nitrogens is 3. The van der Waals surface area contributed by atoms with Crippen molar-refractivity contribution >= 4 is 5.91 Å². The molecule has 0 atom stereocenters. The third-order valence-electron chi connectivity index (χ3n) is 2.25. The van der Waals surface area contributed by atoms with E-state index in [4.69, 9.17) is 0 Å². The Kier molecular flexibility index (Phi) is 2.68. The van der Waals surface area contributed by atoms with Crippen molar-refractivity contribution < 1.29 is 4.79 Å². The van der Waals surface area contributed by atoms with Crippen LogP contribution in [0.5, 0.6) is 0 Å². The Morgan fingerprint density at radius 2 is 2.33 bits per heavy atom. The summed E-state index contributed by atoms with van der Waals surface area (Å²) in [4.78, 5) is 11.7. The molecule has 0 fully saturated rings. The highest BCUT2D eigenvalue weighted by Crippen LogP contribution is 2.05. The van der Waals surface area contributed by atoms with Crippen molar-refractivity contribution in [1.29, 1.82) is 0 Å². The van der Waals surface area contributed by atoms with Crippen LogP contribution in [0.15, 0.2) is 0 Å². The molecule has 1 amide bonds. The number of fused-ring (bicyclic) bond motifs is 1. The molecule has 0 unspecified atom stereocenters. The van der Waals surface area contributed by atoms with Crippen LogP contribution < -0.4 is 10.6 Å². The standard InChI is InChI=1S/C9H15N5O/c1-6(2)11-9(15)8-13-12-7-5-10-3-4-14(7)8/h6,10H,3-5H2,1-2H3,(H,11,15). The highest BCUT2D eigenvalue weighted by Gasteiger charge is 2.20. The van der Waals surface area contributed by atoms with E-state index >= 15 is 0 Å². The molecule has 0 saturated carbocycles. The number of hydrogen-bond acceptors (Lipinski definition) is 4. The predicted molar refractivity (Wildman–Crippen MR) is 54.3 cm³/mol. The van der Waals surface area contributed by atoms with Gasteiger partial charge in [-0.15, -0.1) is 10.2 Å². The van der Waals surface area contributed by atoms with Crippen LogP contribution in [0.25, 0.3) is 0 Å². The fourth-order valence-electron chi connectivity index (χ4n) is 1.59. The molecule has 2 rings (SSSR count). The summed E-state index contributed by atoms with van der Waals surface area (Å²) in [5.41, 5.74) is 0. The Morgan fingerprint density at radius 1 is 1.53 bits per heavy atom. The first-order valence-corrected chi connectivity index (χ1v) is 5.12. The van der Waals surface area contributed by atoms with E-state index in [2.05, 4.69) is 20.8 Å². The smallest absolute Gasteiger partial charge is 0.289 e. The van der Waals surface area contributed by atoms with Crippen LogP contribution in [0.4, 0.5) is 0 Å². The quantitative estimate of drug-likeness (QED) is 0.690. The minimum atomic E-state index is -0.148. The van der Waals surface area contributed by atoms with Crippen LogP contribution in [0.1, 0.15) is 30.3 Å². The minimum absolute atomic E-state index is 0.118. The number of amides is 1. The van der Waals surface area contributed by atoms with Crippen molar-refractivity contribution in [2.24, 2.45) is 0 Å². The molecule has 6 nitrogen and oxygen atoms in total. The molecule has 0 bridgehead atoms. The molecule has 0 saturated heterocycles. The number of nitrogens with zero attached hydrogens (tertiary/aromatic N) is 3. The Hall–Kier alpha value is -1.43. The van der Waals surface area contributed by atoms with E-state index in [9.17, 15) is 4.79 Å². The van der Waals surface area contributed by atoms with Gasteiger partial charge in [-0.3, -0.25) is 4.79 Å². The molecule has 82 valence electrons. The van der Waals surface area contributed by atoms with E-state index < -0.39 is 0 Å². The van der Waals surface area contributed by atoms with Crippen molar-refractivity contribution in [2.75, 3.05) is 6.54 Å². The van der Waals surface area contributed by atoms with Crippen molar-refractivity contribution in [2.45, 2.75) is 33.0 Å². The topological polar surface area (TPSA) is 71.8 Å². The van der Waals surface area contributed by atoms with Gasteiger partial charge in [0, 0.05) is 19.1 Å². The van der Waals surface area contributed by atoms with Crippen molar-refractivity contribution in [1.82, 2.24) is 25.4 Å². The molecule has 15 heavy (non-hydrogen) atoms. The van der Waals surface area contributed by atoms with E-state index in [1.165, 1.54) is 0 Å². The summed E-state index contributed by atoms with van der Waals surface area (Å²) in [6.45, 7) is 6.14. The van der Waals surface area contributed by atoms with Gasteiger partial charge in [0.25, 0.3) is 5.91 Å². The third kappa shape index (κ3) is 1.99. The SMILES string of the molecule is CC(C)NC(=O)c1nnc2n1CCNC2. The Morgan fingerprint density at radius 3 is 3.07 bits per heavy atom. The van der Waals surface area contributed by atoms with Gasteiger partial charge in [0.2, 0.25) is 5.82 Å². The average molecular weight is 209 g/mol. The molecule has 0 aromatic carbocycles. The number of hydrogen-bond donors (Lipinski definition) is 2.